The van der Waals surface area contributed by atoms with E-state index in [4.69, 9.17) is 4.42 Å². The number of hydrogen-bond acceptors (Lipinski definition) is 3. The fourth-order valence-electron chi connectivity index (χ4n) is 1.87. The molecule has 1 aliphatic carbocycles. The van der Waals surface area contributed by atoms with Crippen molar-refractivity contribution in [3.63, 3.8) is 0 Å². The molecule has 0 aliphatic heterocycles. The fraction of sp³-hybridized carbons (Fsp3) is 0.700. The number of aryl methyl sites for hydroxylation is 1. The molecule has 0 aromatic carbocycles. The first-order valence-electron chi connectivity index (χ1n) is 5.04. The highest BCUT2D eigenvalue weighted by Gasteiger charge is 2.26. The second-order valence-electron chi connectivity index (χ2n) is 3.79. The molecule has 0 amide bonds. The van der Waals surface area contributed by atoms with Crippen molar-refractivity contribution in [3.05, 3.63) is 17.8 Å². The Morgan fingerprint density at radius 3 is 3.07 bits per heavy atom. The fourth-order valence-corrected chi connectivity index (χ4v) is 1.87. The number of nitrogens with zero attached hydrogens (tertiary/aromatic N) is 1. The zero-order chi connectivity index (χ0) is 9.97. The third kappa shape index (κ3) is 1.95. The summed E-state index contributed by atoms with van der Waals surface area (Å²) in [6.07, 6.45) is 3.33. The molecule has 1 aromatic rings. The molecule has 14 heavy (non-hydrogen) atoms. The molecular formula is C10H15FN2O. The standard InChI is InChI=1S/C10H15FN2O/c1-7-10(13-6-14-7)5-12-9-4-2-3-8(9)11/h6,8-9,12H,2-5H2,1H3. The average Bonchev–Trinajstić information content (AvgIpc) is 2.72. The van der Waals surface area contributed by atoms with Gasteiger partial charge in [0.05, 0.1) is 5.69 Å². The summed E-state index contributed by atoms with van der Waals surface area (Å²) in [5.74, 6) is 0.811. The Balaban J connectivity index is 1.85. The van der Waals surface area contributed by atoms with Gasteiger partial charge in [0.1, 0.15) is 11.9 Å². The molecule has 0 spiro atoms. The molecule has 78 valence electrons. The van der Waals surface area contributed by atoms with Crippen LogP contribution in [0.2, 0.25) is 0 Å². The van der Waals surface area contributed by atoms with Crippen LogP contribution in [-0.2, 0) is 6.54 Å². The van der Waals surface area contributed by atoms with E-state index in [0.717, 1.165) is 24.3 Å². The normalized spacial score (nSPS) is 27.0. The largest absolute Gasteiger partial charge is 0.448 e. The summed E-state index contributed by atoms with van der Waals surface area (Å²) in [6, 6.07) is 0.00565. The lowest BCUT2D eigenvalue weighted by Crippen LogP contribution is -2.33. The zero-order valence-electron chi connectivity index (χ0n) is 8.29. The Hall–Kier alpha value is -0.900. The second-order valence-corrected chi connectivity index (χ2v) is 3.79. The van der Waals surface area contributed by atoms with Gasteiger partial charge in [0.2, 0.25) is 0 Å². The van der Waals surface area contributed by atoms with E-state index in [1.807, 2.05) is 6.92 Å². The predicted molar refractivity (Wildman–Crippen MR) is 50.6 cm³/mol. The number of rotatable bonds is 3. The number of halogens is 1. The summed E-state index contributed by atoms with van der Waals surface area (Å²) in [6.45, 7) is 2.47. The van der Waals surface area contributed by atoms with Crippen molar-refractivity contribution >= 4 is 0 Å². The number of nitrogens with one attached hydrogen (secondary N) is 1. The molecule has 2 unspecified atom stereocenters. The lowest BCUT2D eigenvalue weighted by atomic mass is 10.2. The highest BCUT2D eigenvalue weighted by Crippen LogP contribution is 2.22. The number of oxazole rings is 1. The maximum absolute atomic E-state index is 13.2. The molecular weight excluding hydrogens is 183 g/mol. The minimum absolute atomic E-state index is 0.00565. The molecule has 1 aromatic heterocycles. The van der Waals surface area contributed by atoms with E-state index in [-0.39, 0.29) is 6.04 Å². The number of hydrogen-bond donors (Lipinski definition) is 1. The molecule has 1 heterocycles. The van der Waals surface area contributed by atoms with Crippen LogP contribution >= 0.6 is 0 Å². The summed E-state index contributed by atoms with van der Waals surface area (Å²) in [7, 11) is 0. The minimum atomic E-state index is -0.692. The van der Waals surface area contributed by atoms with Crippen LogP contribution in [0.25, 0.3) is 0 Å². The van der Waals surface area contributed by atoms with Crippen molar-refractivity contribution in [2.24, 2.45) is 0 Å². The molecule has 0 radical (unpaired) electrons. The first kappa shape index (κ1) is 9.65. The van der Waals surface area contributed by atoms with Crippen molar-refractivity contribution in [2.75, 3.05) is 0 Å². The maximum Gasteiger partial charge on any atom is 0.181 e. The van der Waals surface area contributed by atoms with Gasteiger partial charge in [-0.3, -0.25) is 0 Å². The van der Waals surface area contributed by atoms with E-state index in [2.05, 4.69) is 10.3 Å². The third-order valence-corrected chi connectivity index (χ3v) is 2.81. The Labute approximate surface area is 82.7 Å². The zero-order valence-corrected chi connectivity index (χ0v) is 8.29. The van der Waals surface area contributed by atoms with Crippen molar-refractivity contribution in [1.82, 2.24) is 10.3 Å². The van der Waals surface area contributed by atoms with Gasteiger partial charge in [0, 0.05) is 12.6 Å². The first-order valence-corrected chi connectivity index (χ1v) is 5.04. The molecule has 2 atom stereocenters. The van der Waals surface area contributed by atoms with Gasteiger partial charge < -0.3 is 9.73 Å². The number of aromatic nitrogens is 1. The van der Waals surface area contributed by atoms with Crippen LogP contribution in [0.4, 0.5) is 4.39 Å². The lowest BCUT2D eigenvalue weighted by molar-refractivity contribution is 0.278. The summed E-state index contributed by atoms with van der Waals surface area (Å²) < 4.78 is 18.3. The molecule has 1 fully saturated rings. The van der Waals surface area contributed by atoms with Crippen LogP contribution in [0.15, 0.2) is 10.8 Å². The number of alkyl halides is 1. The van der Waals surface area contributed by atoms with Gasteiger partial charge in [0.15, 0.2) is 6.39 Å². The summed E-state index contributed by atoms with van der Waals surface area (Å²) in [4.78, 5) is 4.05. The SMILES string of the molecule is Cc1ocnc1CNC1CCCC1F. The van der Waals surface area contributed by atoms with Crippen molar-refractivity contribution in [2.45, 2.75) is 44.9 Å². The van der Waals surface area contributed by atoms with Gasteiger partial charge in [-0.05, 0) is 26.2 Å². The molecule has 1 N–H and O–H groups in total. The summed E-state index contributed by atoms with van der Waals surface area (Å²) in [5.41, 5.74) is 0.879. The van der Waals surface area contributed by atoms with Gasteiger partial charge in [-0.2, -0.15) is 0 Å². The van der Waals surface area contributed by atoms with Gasteiger partial charge in [0.25, 0.3) is 0 Å². The van der Waals surface area contributed by atoms with Crippen LogP contribution in [-0.4, -0.2) is 17.2 Å². The Bertz CT molecular complexity index is 300. The van der Waals surface area contributed by atoms with Gasteiger partial charge >= 0.3 is 0 Å². The molecule has 2 rings (SSSR count). The maximum atomic E-state index is 13.2. The molecule has 1 saturated carbocycles. The van der Waals surface area contributed by atoms with Crippen LogP contribution in [0, 0.1) is 6.92 Å². The molecule has 4 heteroatoms. The van der Waals surface area contributed by atoms with Crippen molar-refractivity contribution in [1.29, 1.82) is 0 Å². The average molecular weight is 198 g/mol. The summed E-state index contributed by atoms with van der Waals surface area (Å²) >= 11 is 0. The highest BCUT2D eigenvalue weighted by molar-refractivity contribution is 5.04. The highest BCUT2D eigenvalue weighted by atomic mass is 19.1. The predicted octanol–water partition coefficient (Wildman–Crippen LogP) is 1.96. The lowest BCUT2D eigenvalue weighted by Gasteiger charge is -2.13. The molecule has 0 saturated heterocycles. The Morgan fingerprint density at radius 2 is 2.50 bits per heavy atom. The third-order valence-electron chi connectivity index (χ3n) is 2.81. The monoisotopic (exact) mass is 198 g/mol. The van der Waals surface area contributed by atoms with Crippen molar-refractivity contribution < 1.29 is 8.81 Å². The Kier molecular flexibility index (Phi) is 2.82. The van der Waals surface area contributed by atoms with Gasteiger partial charge in [-0.1, -0.05) is 0 Å². The molecule has 0 bridgehead atoms. The summed E-state index contributed by atoms with van der Waals surface area (Å²) in [5, 5.41) is 3.18. The van der Waals surface area contributed by atoms with E-state index in [0.29, 0.717) is 13.0 Å². The smallest absolute Gasteiger partial charge is 0.181 e. The molecule has 1 aliphatic rings. The Morgan fingerprint density at radius 1 is 1.64 bits per heavy atom. The van der Waals surface area contributed by atoms with Crippen LogP contribution in [0.5, 0.6) is 0 Å². The van der Waals surface area contributed by atoms with Gasteiger partial charge in [-0.25, -0.2) is 9.37 Å². The van der Waals surface area contributed by atoms with Crippen LogP contribution in [0.3, 0.4) is 0 Å². The van der Waals surface area contributed by atoms with Gasteiger partial charge in [-0.15, -0.1) is 0 Å². The molecule has 3 nitrogen and oxygen atoms in total. The first-order chi connectivity index (χ1) is 6.77. The van der Waals surface area contributed by atoms with E-state index >= 15 is 0 Å². The van der Waals surface area contributed by atoms with Crippen molar-refractivity contribution in [3.8, 4) is 0 Å². The van der Waals surface area contributed by atoms with Crippen LogP contribution < -0.4 is 5.32 Å². The van der Waals surface area contributed by atoms with E-state index in [9.17, 15) is 4.39 Å². The van der Waals surface area contributed by atoms with E-state index in [1.165, 1.54) is 6.39 Å². The van der Waals surface area contributed by atoms with E-state index in [1.54, 1.807) is 0 Å². The minimum Gasteiger partial charge on any atom is -0.448 e. The van der Waals surface area contributed by atoms with E-state index < -0.39 is 6.17 Å². The quantitative estimate of drug-likeness (QED) is 0.806. The topological polar surface area (TPSA) is 38.1 Å². The van der Waals surface area contributed by atoms with Crippen LogP contribution in [0.1, 0.15) is 30.7 Å². The second kappa shape index (κ2) is 4.09.